The van der Waals surface area contributed by atoms with Gasteiger partial charge in [0.2, 0.25) is 0 Å². The first-order valence-electron chi connectivity index (χ1n) is 5.74. The zero-order valence-electron chi connectivity index (χ0n) is 9.81. The van der Waals surface area contributed by atoms with Crippen molar-refractivity contribution in [1.82, 2.24) is 14.9 Å². The van der Waals surface area contributed by atoms with E-state index in [9.17, 15) is 4.39 Å². The molecule has 1 aromatic heterocycles. The van der Waals surface area contributed by atoms with Crippen LogP contribution in [0.5, 0.6) is 0 Å². The molecule has 3 nitrogen and oxygen atoms in total. The van der Waals surface area contributed by atoms with Crippen molar-refractivity contribution in [1.29, 1.82) is 0 Å². The quantitative estimate of drug-likeness (QED) is 0.859. The lowest BCUT2D eigenvalue weighted by atomic mass is 10.1. The second-order valence-corrected chi connectivity index (χ2v) is 3.89. The van der Waals surface area contributed by atoms with Gasteiger partial charge in [-0.15, -0.1) is 0 Å². The number of likely N-dealkylation sites (N-methyl/N-ethyl adjacent to an activating group) is 1. The fraction of sp³-hybridized carbons (Fsp3) is 0.308. The average molecular weight is 233 g/mol. The van der Waals surface area contributed by atoms with Crippen LogP contribution in [-0.2, 0) is 6.54 Å². The SMILES string of the molecule is CCNC(Cn1ccnc1)c1ccccc1F. The van der Waals surface area contributed by atoms with E-state index in [1.54, 1.807) is 18.6 Å². The molecule has 17 heavy (non-hydrogen) atoms. The smallest absolute Gasteiger partial charge is 0.128 e. The van der Waals surface area contributed by atoms with E-state index in [0.29, 0.717) is 12.1 Å². The van der Waals surface area contributed by atoms with Crippen molar-refractivity contribution in [2.75, 3.05) is 6.54 Å². The molecule has 1 heterocycles. The van der Waals surface area contributed by atoms with Crippen molar-refractivity contribution in [3.8, 4) is 0 Å². The van der Waals surface area contributed by atoms with E-state index in [2.05, 4.69) is 10.3 Å². The predicted molar refractivity (Wildman–Crippen MR) is 65.0 cm³/mol. The van der Waals surface area contributed by atoms with Crippen LogP contribution in [0.25, 0.3) is 0 Å². The Kier molecular flexibility index (Phi) is 3.88. The Labute approximate surface area is 100 Å². The van der Waals surface area contributed by atoms with Gasteiger partial charge in [0.05, 0.1) is 12.4 Å². The van der Waals surface area contributed by atoms with E-state index < -0.39 is 0 Å². The van der Waals surface area contributed by atoms with E-state index in [4.69, 9.17) is 0 Å². The molecular weight excluding hydrogens is 217 g/mol. The molecule has 0 bridgehead atoms. The summed E-state index contributed by atoms with van der Waals surface area (Å²) in [5.74, 6) is -0.168. The van der Waals surface area contributed by atoms with E-state index in [-0.39, 0.29) is 11.9 Å². The maximum Gasteiger partial charge on any atom is 0.128 e. The molecule has 2 rings (SSSR count). The largest absolute Gasteiger partial charge is 0.336 e. The molecule has 1 atom stereocenters. The minimum Gasteiger partial charge on any atom is -0.336 e. The minimum absolute atomic E-state index is 0.0320. The lowest BCUT2D eigenvalue weighted by Crippen LogP contribution is -2.25. The van der Waals surface area contributed by atoms with Crippen molar-refractivity contribution in [2.24, 2.45) is 0 Å². The lowest BCUT2D eigenvalue weighted by molar-refractivity contribution is 0.453. The van der Waals surface area contributed by atoms with Crippen LogP contribution < -0.4 is 5.32 Å². The van der Waals surface area contributed by atoms with E-state index in [1.165, 1.54) is 6.07 Å². The molecule has 0 aliphatic heterocycles. The van der Waals surface area contributed by atoms with Crippen LogP contribution in [0, 0.1) is 5.82 Å². The van der Waals surface area contributed by atoms with Gasteiger partial charge in [0.15, 0.2) is 0 Å². The van der Waals surface area contributed by atoms with Gasteiger partial charge in [-0.1, -0.05) is 25.1 Å². The van der Waals surface area contributed by atoms with Crippen molar-refractivity contribution < 1.29 is 4.39 Å². The summed E-state index contributed by atoms with van der Waals surface area (Å²) in [6.07, 6.45) is 5.35. The van der Waals surface area contributed by atoms with Gasteiger partial charge >= 0.3 is 0 Å². The van der Waals surface area contributed by atoms with Gasteiger partial charge in [0, 0.05) is 24.5 Å². The standard InChI is InChI=1S/C13H16FN3/c1-2-16-13(9-17-8-7-15-10-17)11-5-3-4-6-12(11)14/h3-8,10,13,16H,2,9H2,1H3. The number of hydrogen-bond acceptors (Lipinski definition) is 2. The minimum atomic E-state index is -0.168. The molecule has 1 aromatic carbocycles. The third-order valence-corrected chi connectivity index (χ3v) is 2.68. The normalized spacial score (nSPS) is 12.6. The van der Waals surface area contributed by atoms with Crippen molar-refractivity contribution in [2.45, 2.75) is 19.5 Å². The summed E-state index contributed by atoms with van der Waals surface area (Å²) < 4.78 is 15.7. The first-order chi connectivity index (χ1) is 8.31. The predicted octanol–water partition coefficient (Wildman–Crippen LogP) is 2.37. The van der Waals surface area contributed by atoms with Crippen molar-refractivity contribution in [3.63, 3.8) is 0 Å². The fourth-order valence-electron chi connectivity index (χ4n) is 1.88. The zero-order chi connectivity index (χ0) is 12.1. The second kappa shape index (κ2) is 5.59. The Morgan fingerprint density at radius 2 is 2.24 bits per heavy atom. The number of nitrogens with zero attached hydrogens (tertiary/aromatic N) is 2. The highest BCUT2D eigenvalue weighted by atomic mass is 19.1. The molecule has 0 amide bonds. The molecule has 0 spiro atoms. The number of rotatable bonds is 5. The van der Waals surface area contributed by atoms with Crippen molar-refractivity contribution in [3.05, 3.63) is 54.4 Å². The van der Waals surface area contributed by atoms with Crippen LogP contribution in [-0.4, -0.2) is 16.1 Å². The molecule has 0 saturated carbocycles. The highest BCUT2D eigenvalue weighted by Crippen LogP contribution is 2.18. The summed E-state index contributed by atoms with van der Waals surface area (Å²) in [4.78, 5) is 3.99. The van der Waals surface area contributed by atoms with Gasteiger partial charge in [-0.2, -0.15) is 0 Å². The number of hydrogen-bond donors (Lipinski definition) is 1. The van der Waals surface area contributed by atoms with Crippen LogP contribution in [0.3, 0.4) is 0 Å². The Hall–Kier alpha value is -1.68. The summed E-state index contributed by atoms with van der Waals surface area (Å²) >= 11 is 0. The average Bonchev–Trinajstić information content (AvgIpc) is 2.82. The molecule has 0 aliphatic carbocycles. The number of halogens is 1. The van der Waals surface area contributed by atoms with E-state index in [0.717, 1.165) is 6.54 Å². The maximum atomic E-state index is 13.7. The van der Waals surface area contributed by atoms with Gasteiger partial charge in [-0.25, -0.2) is 9.37 Å². The monoisotopic (exact) mass is 233 g/mol. The summed E-state index contributed by atoms with van der Waals surface area (Å²) in [5.41, 5.74) is 0.697. The number of imidazole rings is 1. The molecule has 90 valence electrons. The van der Waals surface area contributed by atoms with Crippen LogP contribution in [0.4, 0.5) is 4.39 Å². The molecular formula is C13H16FN3. The van der Waals surface area contributed by atoms with E-state index >= 15 is 0 Å². The lowest BCUT2D eigenvalue weighted by Gasteiger charge is -2.19. The van der Waals surface area contributed by atoms with Crippen LogP contribution in [0.1, 0.15) is 18.5 Å². The Bertz CT molecular complexity index is 453. The van der Waals surface area contributed by atoms with Crippen LogP contribution in [0.15, 0.2) is 43.0 Å². The second-order valence-electron chi connectivity index (χ2n) is 3.89. The molecule has 4 heteroatoms. The highest BCUT2D eigenvalue weighted by molar-refractivity contribution is 5.21. The first-order valence-corrected chi connectivity index (χ1v) is 5.74. The molecule has 2 aromatic rings. The van der Waals surface area contributed by atoms with Crippen molar-refractivity contribution >= 4 is 0 Å². The molecule has 1 unspecified atom stereocenters. The van der Waals surface area contributed by atoms with Crippen LogP contribution >= 0.6 is 0 Å². The van der Waals surface area contributed by atoms with E-state index in [1.807, 2.05) is 29.8 Å². The Morgan fingerprint density at radius 3 is 2.88 bits per heavy atom. The number of benzene rings is 1. The molecule has 1 N–H and O–H groups in total. The third kappa shape index (κ3) is 2.91. The number of nitrogens with one attached hydrogen (secondary N) is 1. The van der Waals surface area contributed by atoms with Gasteiger partial charge in [-0.3, -0.25) is 0 Å². The third-order valence-electron chi connectivity index (χ3n) is 2.68. The Balaban J connectivity index is 2.20. The van der Waals surface area contributed by atoms with Gasteiger partial charge in [0.1, 0.15) is 5.82 Å². The summed E-state index contributed by atoms with van der Waals surface area (Å²) in [6, 6.07) is 6.85. The fourth-order valence-corrected chi connectivity index (χ4v) is 1.88. The Morgan fingerprint density at radius 1 is 1.41 bits per heavy atom. The molecule has 0 aliphatic rings. The summed E-state index contributed by atoms with van der Waals surface area (Å²) in [5, 5.41) is 3.29. The molecule has 0 fully saturated rings. The van der Waals surface area contributed by atoms with Gasteiger partial charge in [-0.05, 0) is 12.6 Å². The van der Waals surface area contributed by atoms with Gasteiger partial charge in [0.25, 0.3) is 0 Å². The molecule has 0 radical (unpaired) electrons. The summed E-state index contributed by atoms with van der Waals surface area (Å²) in [7, 11) is 0. The maximum absolute atomic E-state index is 13.7. The number of aromatic nitrogens is 2. The summed E-state index contributed by atoms with van der Waals surface area (Å²) in [6.45, 7) is 3.49. The highest BCUT2D eigenvalue weighted by Gasteiger charge is 2.14. The van der Waals surface area contributed by atoms with Gasteiger partial charge < -0.3 is 9.88 Å². The zero-order valence-corrected chi connectivity index (χ0v) is 9.81. The molecule has 0 saturated heterocycles. The van der Waals surface area contributed by atoms with Crippen LogP contribution in [0.2, 0.25) is 0 Å². The topological polar surface area (TPSA) is 29.9 Å². The first kappa shape index (κ1) is 11.8.